The Bertz CT molecular complexity index is 423. The Morgan fingerprint density at radius 2 is 2.21 bits per heavy atom. The van der Waals surface area contributed by atoms with Crippen LogP contribution < -0.4 is 10.6 Å². The molecule has 0 bridgehead atoms. The van der Waals surface area contributed by atoms with Gasteiger partial charge in [-0.1, -0.05) is 6.42 Å². The molecule has 1 amide bonds. The van der Waals surface area contributed by atoms with Crippen molar-refractivity contribution in [3.63, 3.8) is 0 Å². The quantitative estimate of drug-likeness (QED) is 0.882. The third-order valence-electron chi connectivity index (χ3n) is 3.44. The van der Waals surface area contributed by atoms with Gasteiger partial charge in [0, 0.05) is 18.3 Å². The zero-order valence-electron chi connectivity index (χ0n) is 11.3. The lowest BCUT2D eigenvalue weighted by atomic mass is 9.95. The topological polar surface area (TPSA) is 66.9 Å². The molecule has 2 unspecified atom stereocenters. The van der Waals surface area contributed by atoms with Crippen LogP contribution in [0.15, 0.2) is 12.1 Å². The normalized spacial score (nSPS) is 22.8. The molecule has 0 saturated heterocycles. The molecule has 2 atom stereocenters. The Morgan fingerprint density at radius 1 is 1.37 bits per heavy atom. The molecule has 1 aliphatic rings. The molecular formula is C13H20N4OS. The molecule has 1 aliphatic carbocycles. The first-order valence-corrected chi connectivity index (χ1v) is 7.87. The monoisotopic (exact) mass is 280 g/mol. The van der Waals surface area contributed by atoms with E-state index in [2.05, 4.69) is 27.1 Å². The van der Waals surface area contributed by atoms with Gasteiger partial charge in [-0.25, -0.2) is 0 Å². The molecule has 5 nitrogen and oxygen atoms in total. The van der Waals surface area contributed by atoms with Gasteiger partial charge < -0.3 is 10.6 Å². The van der Waals surface area contributed by atoms with Crippen LogP contribution in [0.4, 0.5) is 5.82 Å². The smallest absolute Gasteiger partial charge is 0.271 e. The number of hydrogen-bond donors (Lipinski definition) is 2. The minimum atomic E-state index is -0.209. The van der Waals surface area contributed by atoms with Crippen molar-refractivity contribution in [1.82, 2.24) is 15.5 Å². The maximum atomic E-state index is 11.4. The van der Waals surface area contributed by atoms with Crippen molar-refractivity contribution in [2.45, 2.75) is 37.0 Å². The van der Waals surface area contributed by atoms with Crippen LogP contribution in [0, 0.1) is 0 Å². The summed E-state index contributed by atoms with van der Waals surface area (Å²) in [5.41, 5.74) is 0.346. The van der Waals surface area contributed by atoms with Gasteiger partial charge in [-0.05, 0) is 37.7 Å². The Labute approximate surface area is 118 Å². The van der Waals surface area contributed by atoms with Gasteiger partial charge in [0.25, 0.3) is 5.91 Å². The van der Waals surface area contributed by atoms with Crippen LogP contribution in [0.1, 0.15) is 36.2 Å². The molecule has 1 aromatic rings. The predicted octanol–water partition coefficient (Wildman–Crippen LogP) is 1.92. The van der Waals surface area contributed by atoms with E-state index in [1.807, 2.05) is 17.8 Å². The Kier molecular flexibility index (Phi) is 5.01. The lowest BCUT2D eigenvalue weighted by Gasteiger charge is -2.28. The van der Waals surface area contributed by atoms with Crippen LogP contribution in [0.25, 0.3) is 0 Å². The van der Waals surface area contributed by atoms with E-state index in [0.717, 1.165) is 11.1 Å². The van der Waals surface area contributed by atoms with E-state index < -0.39 is 0 Å². The summed E-state index contributed by atoms with van der Waals surface area (Å²) in [5, 5.41) is 14.7. The van der Waals surface area contributed by atoms with Crippen molar-refractivity contribution in [1.29, 1.82) is 0 Å². The van der Waals surface area contributed by atoms with Crippen LogP contribution in [0.5, 0.6) is 0 Å². The zero-order valence-corrected chi connectivity index (χ0v) is 12.2. The fourth-order valence-electron chi connectivity index (χ4n) is 2.36. The summed E-state index contributed by atoms with van der Waals surface area (Å²) in [7, 11) is 1.58. The first-order chi connectivity index (χ1) is 9.22. The number of amides is 1. The van der Waals surface area contributed by atoms with Crippen molar-refractivity contribution in [3.05, 3.63) is 17.8 Å². The third-order valence-corrected chi connectivity index (χ3v) is 4.53. The van der Waals surface area contributed by atoms with Crippen LogP contribution in [0.3, 0.4) is 0 Å². The lowest BCUT2D eigenvalue weighted by Crippen LogP contribution is -2.29. The number of rotatable bonds is 4. The third kappa shape index (κ3) is 3.83. The molecule has 0 radical (unpaired) electrons. The highest BCUT2D eigenvalue weighted by Gasteiger charge is 2.21. The summed E-state index contributed by atoms with van der Waals surface area (Å²) in [6.45, 7) is 0. The predicted molar refractivity (Wildman–Crippen MR) is 78.6 cm³/mol. The maximum Gasteiger partial charge on any atom is 0.271 e. The summed E-state index contributed by atoms with van der Waals surface area (Å²) >= 11 is 1.94. The number of hydrogen-bond acceptors (Lipinski definition) is 5. The highest BCUT2D eigenvalue weighted by atomic mass is 32.2. The highest BCUT2D eigenvalue weighted by molar-refractivity contribution is 7.99. The number of aromatic nitrogens is 2. The first-order valence-electron chi connectivity index (χ1n) is 6.58. The second kappa shape index (κ2) is 6.75. The van der Waals surface area contributed by atoms with Crippen molar-refractivity contribution in [2.24, 2.45) is 0 Å². The first kappa shape index (κ1) is 14.1. The molecule has 1 aromatic heterocycles. The summed E-state index contributed by atoms with van der Waals surface area (Å²) in [6, 6.07) is 3.98. The van der Waals surface area contributed by atoms with Crippen LogP contribution in [0.2, 0.25) is 0 Å². The molecule has 6 heteroatoms. The number of nitrogens with zero attached hydrogens (tertiary/aromatic N) is 2. The van der Waals surface area contributed by atoms with Crippen molar-refractivity contribution < 1.29 is 4.79 Å². The standard InChI is InChI=1S/C13H20N4OS/c1-14-13(18)11-6-7-12(17-16-11)15-9-4-3-5-10(8-9)19-2/h6-7,9-10H,3-5,8H2,1-2H3,(H,14,18)(H,15,17). The minimum absolute atomic E-state index is 0.209. The molecular weight excluding hydrogens is 260 g/mol. The lowest BCUT2D eigenvalue weighted by molar-refractivity contribution is 0.0957. The van der Waals surface area contributed by atoms with Gasteiger partial charge >= 0.3 is 0 Å². The molecule has 1 heterocycles. The van der Waals surface area contributed by atoms with E-state index >= 15 is 0 Å². The van der Waals surface area contributed by atoms with Gasteiger partial charge in [-0.3, -0.25) is 4.79 Å². The summed E-state index contributed by atoms with van der Waals surface area (Å²) in [6.07, 6.45) is 7.08. The second-order valence-corrected chi connectivity index (χ2v) is 5.89. The van der Waals surface area contributed by atoms with Crippen molar-refractivity contribution in [3.8, 4) is 0 Å². The molecule has 0 aliphatic heterocycles. The van der Waals surface area contributed by atoms with Crippen molar-refractivity contribution >= 4 is 23.5 Å². The fraction of sp³-hybridized carbons (Fsp3) is 0.615. The fourth-order valence-corrected chi connectivity index (χ4v) is 3.18. The van der Waals surface area contributed by atoms with Gasteiger partial charge in [0.05, 0.1) is 0 Å². The Balaban J connectivity index is 1.94. The van der Waals surface area contributed by atoms with E-state index in [9.17, 15) is 4.79 Å². The van der Waals surface area contributed by atoms with E-state index in [-0.39, 0.29) is 5.91 Å². The average Bonchev–Trinajstić information content (AvgIpc) is 2.47. The molecule has 0 spiro atoms. The van der Waals surface area contributed by atoms with Gasteiger partial charge in [0.2, 0.25) is 0 Å². The zero-order chi connectivity index (χ0) is 13.7. The van der Waals surface area contributed by atoms with Crippen molar-refractivity contribution in [2.75, 3.05) is 18.6 Å². The highest BCUT2D eigenvalue weighted by Crippen LogP contribution is 2.28. The van der Waals surface area contributed by atoms with E-state index in [1.165, 1.54) is 25.7 Å². The molecule has 19 heavy (non-hydrogen) atoms. The summed E-state index contributed by atoms with van der Waals surface area (Å²) in [4.78, 5) is 11.4. The van der Waals surface area contributed by atoms with E-state index in [0.29, 0.717) is 11.7 Å². The number of thioether (sulfide) groups is 1. The number of nitrogens with one attached hydrogen (secondary N) is 2. The van der Waals surface area contributed by atoms with E-state index in [1.54, 1.807) is 13.1 Å². The Hall–Kier alpha value is -1.30. The Morgan fingerprint density at radius 3 is 2.84 bits per heavy atom. The molecule has 1 fully saturated rings. The van der Waals surface area contributed by atoms with Gasteiger partial charge in [0.15, 0.2) is 5.69 Å². The van der Waals surface area contributed by atoms with Crippen LogP contribution >= 0.6 is 11.8 Å². The number of carbonyl (C=O) groups excluding carboxylic acids is 1. The largest absolute Gasteiger partial charge is 0.366 e. The summed E-state index contributed by atoms with van der Waals surface area (Å²) in [5.74, 6) is 0.540. The number of carbonyl (C=O) groups is 1. The average molecular weight is 280 g/mol. The molecule has 104 valence electrons. The van der Waals surface area contributed by atoms with Gasteiger partial charge in [0.1, 0.15) is 5.82 Å². The molecule has 2 N–H and O–H groups in total. The van der Waals surface area contributed by atoms with E-state index in [4.69, 9.17) is 0 Å². The summed E-state index contributed by atoms with van der Waals surface area (Å²) < 4.78 is 0. The molecule has 2 rings (SSSR count). The SMILES string of the molecule is CNC(=O)c1ccc(NC2CCCC(SC)C2)nn1. The maximum absolute atomic E-state index is 11.4. The van der Waals surface area contributed by atoms with Crippen LogP contribution in [-0.4, -0.2) is 40.7 Å². The second-order valence-electron chi connectivity index (χ2n) is 4.75. The van der Waals surface area contributed by atoms with Gasteiger partial charge in [-0.2, -0.15) is 11.8 Å². The van der Waals surface area contributed by atoms with Crippen LogP contribution in [-0.2, 0) is 0 Å². The minimum Gasteiger partial charge on any atom is -0.366 e. The molecule has 1 saturated carbocycles. The van der Waals surface area contributed by atoms with Gasteiger partial charge in [-0.15, -0.1) is 10.2 Å². The number of anilines is 1. The molecule has 0 aromatic carbocycles.